The summed E-state index contributed by atoms with van der Waals surface area (Å²) in [7, 11) is 1.76. The topological polar surface area (TPSA) is 105 Å². The molecule has 0 aromatic heterocycles. The molecule has 0 unspecified atom stereocenters. The zero-order valence-corrected chi connectivity index (χ0v) is 14.8. The number of likely N-dealkylation sites (N-methyl/N-ethyl adjacent to an activating group) is 1. The van der Waals surface area contributed by atoms with Crippen LogP contribution in [0, 0.1) is 0 Å². The van der Waals surface area contributed by atoms with Gasteiger partial charge in [-0.25, -0.2) is 0 Å². The van der Waals surface area contributed by atoms with E-state index in [1.165, 1.54) is 0 Å². The number of anilines is 2. The summed E-state index contributed by atoms with van der Waals surface area (Å²) in [5.74, 6) is -1.20. The number of benzene rings is 1. The quantitative estimate of drug-likeness (QED) is 0.711. The fraction of sp³-hybridized carbons (Fsp3) is 0.500. The molecule has 1 atom stereocenters. The molecule has 1 aliphatic heterocycles. The molecule has 140 valence electrons. The molecule has 0 spiro atoms. The number of nitrogens with one attached hydrogen (secondary N) is 1. The van der Waals surface area contributed by atoms with Crippen molar-refractivity contribution in [2.45, 2.75) is 31.3 Å². The molecular weight excluding hydrogens is 336 g/mol. The Morgan fingerprint density at radius 1 is 1.31 bits per heavy atom. The summed E-state index contributed by atoms with van der Waals surface area (Å²) < 4.78 is 5.12. The first-order valence-corrected chi connectivity index (χ1v) is 8.77. The number of carbonyl (C=O) groups excluding carboxylic acids is 3. The number of nitrogens with two attached hydrogens (primary N) is 1. The van der Waals surface area contributed by atoms with Gasteiger partial charge in [-0.05, 0) is 44.2 Å². The monoisotopic (exact) mass is 360 g/mol. The summed E-state index contributed by atoms with van der Waals surface area (Å²) in [6.07, 6.45) is 3.04. The zero-order chi connectivity index (χ0) is 18.7. The van der Waals surface area contributed by atoms with Crippen molar-refractivity contribution in [2.75, 3.05) is 37.0 Å². The number of amides is 3. The van der Waals surface area contributed by atoms with Crippen molar-refractivity contribution in [1.29, 1.82) is 0 Å². The maximum absolute atomic E-state index is 12.5. The number of ether oxygens (including phenoxy) is 1. The van der Waals surface area contributed by atoms with Gasteiger partial charge in [0.1, 0.15) is 6.61 Å². The third kappa shape index (κ3) is 3.86. The molecule has 3 N–H and O–H groups in total. The van der Waals surface area contributed by atoms with E-state index in [1.807, 2.05) is 0 Å². The van der Waals surface area contributed by atoms with Crippen molar-refractivity contribution in [3.05, 3.63) is 24.3 Å². The predicted molar refractivity (Wildman–Crippen MR) is 96.6 cm³/mol. The van der Waals surface area contributed by atoms with E-state index in [1.54, 1.807) is 41.1 Å². The van der Waals surface area contributed by atoms with E-state index in [0.29, 0.717) is 18.8 Å². The number of morpholine rings is 1. The van der Waals surface area contributed by atoms with Gasteiger partial charge in [0.25, 0.3) is 11.8 Å². The Kier molecular flexibility index (Phi) is 5.53. The van der Waals surface area contributed by atoms with Gasteiger partial charge in [0.05, 0.1) is 6.61 Å². The highest BCUT2D eigenvalue weighted by molar-refractivity contribution is 6.09. The summed E-state index contributed by atoms with van der Waals surface area (Å²) in [6, 6.07) is 6.14. The summed E-state index contributed by atoms with van der Waals surface area (Å²) in [5.41, 5.74) is 6.74. The van der Waals surface area contributed by atoms with E-state index in [9.17, 15) is 14.4 Å². The van der Waals surface area contributed by atoms with Crippen molar-refractivity contribution >= 4 is 29.1 Å². The minimum atomic E-state index is -0.999. The number of rotatable bonds is 6. The SMILES string of the molecule is CN(C1CCC1)[C@@H](C(N)=O)C(=O)Nc1ccc(N2CCOCC2=O)cc1. The Labute approximate surface area is 152 Å². The zero-order valence-electron chi connectivity index (χ0n) is 14.8. The summed E-state index contributed by atoms with van der Waals surface area (Å²) in [4.78, 5) is 39.6. The standard InChI is InChI=1S/C18H24N4O4/c1-21(13-3-2-4-13)16(17(19)24)18(25)20-12-5-7-14(8-6-12)22-9-10-26-11-15(22)23/h5-8,13,16H,2-4,9-11H2,1H3,(H2,19,24)(H,20,25)/t16-/m0/s1. The molecule has 3 rings (SSSR count). The maximum atomic E-state index is 12.5. The average molecular weight is 360 g/mol. The first-order chi connectivity index (χ1) is 12.5. The highest BCUT2D eigenvalue weighted by Gasteiger charge is 2.35. The molecule has 0 radical (unpaired) electrons. The molecule has 3 amide bonds. The molecule has 26 heavy (non-hydrogen) atoms. The van der Waals surface area contributed by atoms with Crippen LogP contribution in [0.1, 0.15) is 19.3 Å². The fourth-order valence-electron chi connectivity index (χ4n) is 3.25. The second-order valence-corrected chi connectivity index (χ2v) is 6.69. The van der Waals surface area contributed by atoms with E-state index in [4.69, 9.17) is 10.5 Å². The second kappa shape index (κ2) is 7.84. The van der Waals surface area contributed by atoms with Crippen LogP contribution in [-0.2, 0) is 19.1 Å². The van der Waals surface area contributed by atoms with Gasteiger partial charge in [0.2, 0.25) is 5.91 Å². The molecule has 8 heteroatoms. The number of nitrogens with zero attached hydrogens (tertiary/aromatic N) is 2. The van der Waals surface area contributed by atoms with Crippen LogP contribution in [0.2, 0.25) is 0 Å². The largest absolute Gasteiger partial charge is 0.370 e. The lowest BCUT2D eigenvalue weighted by Gasteiger charge is -2.37. The maximum Gasteiger partial charge on any atom is 0.253 e. The first kappa shape index (κ1) is 18.3. The fourth-order valence-corrected chi connectivity index (χ4v) is 3.25. The van der Waals surface area contributed by atoms with Gasteiger partial charge in [-0.2, -0.15) is 0 Å². The lowest BCUT2D eigenvalue weighted by Crippen LogP contribution is -2.55. The molecule has 1 heterocycles. The average Bonchev–Trinajstić information content (AvgIpc) is 2.54. The van der Waals surface area contributed by atoms with E-state index in [0.717, 1.165) is 24.9 Å². The highest BCUT2D eigenvalue weighted by Crippen LogP contribution is 2.26. The molecule has 1 saturated heterocycles. The number of carbonyl (C=O) groups is 3. The smallest absolute Gasteiger partial charge is 0.253 e. The second-order valence-electron chi connectivity index (χ2n) is 6.69. The summed E-state index contributed by atoms with van der Waals surface area (Å²) in [5, 5.41) is 2.74. The molecule has 2 aliphatic rings. The van der Waals surface area contributed by atoms with Crippen molar-refractivity contribution in [3.63, 3.8) is 0 Å². The Morgan fingerprint density at radius 2 is 2.00 bits per heavy atom. The third-order valence-electron chi connectivity index (χ3n) is 5.01. The minimum Gasteiger partial charge on any atom is -0.370 e. The van der Waals surface area contributed by atoms with Crippen molar-refractivity contribution in [3.8, 4) is 0 Å². The van der Waals surface area contributed by atoms with Gasteiger partial charge in [-0.15, -0.1) is 0 Å². The molecular formula is C18H24N4O4. The van der Waals surface area contributed by atoms with Crippen LogP contribution in [0.25, 0.3) is 0 Å². The Bertz CT molecular complexity index is 687. The molecule has 1 aliphatic carbocycles. The highest BCUT2D eigenvalue weighted by atomic mass is 16.5. The number of hydrogen-bond acceptors (Lipinski definition) is 5. The van der Waals surface area contributed by atoms with Crippen LogP contribution >= 0.6 is 0 Å². The lowest BCUT2D eigenvalue weighted by atomic mass is 9.90. The van der Waals surface area contributed by atoms with Gasteiger partial charge in [-0.1, -0.05) is 6.42 Å². The molecule has 1 aromatic rings. The number of primary amides is 1. The molecule has 0 bridgehead atoms. The summed E-state index contributed by atoms with van der Waals surface area (Å²) in [6.45, 7) is 1.07. The minimum absolute atomic E-state index is 0.0757. The van der Waals surface area contributed by atoms with Crippen LogP contribution in [0.5, 0.6) is 0 Å². The van der Waals surface area contributed by atoms with Crippen molar-refractivity contribution in [2.24, 2.45) is 5.73 Å². The molecule has 2 fully saturated rings. The van der Waals surface area contributed by atoms with Crippen LogP contribution in [0.3, 0.4) is 0 Å². The van der Waals surface area contributed by atoms with Crippen LogP contribution in [0.4, 0.5) is 11.4 Å². The normalized spacial score (nSPS) is 19.2. The van der Waals surface area contributed by atoms with E-state index < -0.39 is 17.9 Å². The van der Waals surface area contributed by atoms with Gasteiger partial charge < -0.3 is 20.7 Å². The molecule has 1 saturated carbocycles. The van der Waals surface area contributed by atoms with Crippen LogP contribution in [-0.4, -0.2) is 61.5 Å². The van der Waals surface area contributed by atoms with E-state index >= 15 is 0 Å². The van der Waals surface area contributed by atoms with Gasteiger partial charge in [0.15, 0.2) is 6.04 Å². The number of hydrogen-bond donors (Lipinski definition) is 2. The first-order valence-electron chi connectivity index (χ1n) is 8.77. The Balaban J connectivity index is 1.66. The van der Waals surface area contributed by atoms with E-state index in [2.05, 4.69) is 5.32 Å². The van der Waals surface area contributed by atoms with Crippen LogP contribution < -0.4 is 16.0 Å². The van der Waals surface area contributed by atoms with E-state index in [-0.39, 0.29) is 18.6 Å². The van der Waals surface area contributed by atoms with Gasteiger partial charge in [0, 0.05) is 24.0 Å². The van der Waals surface area contributed by atoms with Crippen molar-refractivity contribution in [1.82, 2.24) is 4.90 Å². The van der Waals surface area contributed by atoms with Gasteiger partial charge >= 0.3 is 0 Å². The Hall–Kier alpha value is -2.45. The Morgan fingerprint density at radius 3 is 2.54 bits per heavy atom. The van der Waals surface area contributed by atoms with Gasteiger partial charge in [-0.3, -0.25) is 19.3 Å². The predicted octanol–water partition coefficient (Wildman–Crippen LogP) is 0.327. The summed E-state index contributed by atoms with van der Waals surface area (Å²) >= 11 is 0. The van der Waals surface area contributed by atoms with Crippen LogP contribution in [0.15, 0.2) is 24.3 Å². The third-order valence-corrected chi connectivity index (χ3v) is 5.01. The molecule has 8 nitrogen and oxygen atoms in total. The molecule has 1 aromatic carbocycles. The van der Waals surface area contributed by atoms with Crippen molar-refractivity contribution < 1.29 is 19.1 Å². The lowest BCUT2D eigenvalue weighted by molar-refractivity contribution is -0.133.